The van der Waals surface area contributed by atoms with Crippen LogP contribution >= 0.6 is 31.9 Å². The second-order valence-electron chi connectivity index (χ2n) is 4.70. The van der Waals surface area contributed by atoms with Crippen molar-refractivity contribution < 1.29 is 9.18 Å². The van der Waals surface area contributed by atoms with Crippen LogP contribution < -0.4 is 5.32 Å². The number of alkyl halides is 1. The minimum atomic E-state index is -0.359. The zero-order chi connectivity index (χ0) is 13.2. The fourth-order valence-corrected chi connectivity index (χ4v) is 3.37. The highest BCUT2D eigenvalue weighted by molar-refractivity contribution is 9.10. The van der Waals surface area contributed by atoms with Gasteiger partial charge in [-0.15, -0.1) is 0 Å². The van der Waals surface area contributed by atoms with Crippen LogP contribution in [-0.4, -0.2) is 16.8 Å². The molecule has 0 spiro atoms. The molecular formula is C13H14Br2FNO. The number of amides is 1. The zero-order valence-electron chi connectivity index (χ0n) is 9.81. The summed E-state index contributed by atoms with van der Waals surface area (Å²) in [5.41, 5.74) is 0.341. The molecular weight excluding hydrogens is 365 g/mol. The SMILES string of the molecule is O=C(NC1(CBr)CCCC1)c1ccc(F)c(Br)c1. The Morgan fingerprint density at radius 3 is 2.61 bits per heavy atom. The fraction of sp³-hybridized carbons (Fsp3) is 0.462. The molecule has 0 aromatic heterocycles. The molecule has 1 aromatic rings. The summed E-state index contributed by atoms with van der Waals surface area (Å²) in [6.45, 7) is 0. The van der Waals surface area contributed by atoms with Gasteiger partial charge in [0.25, 0.3) is 5.91 Å². The van der Waals surface area contributed by atoms with Crippen molar-refractivity contribution in [3.05, 3.63) is 34.1 Å². The van der Waals surface area contributed by atoms with Crippen molar-refractivity contribution in [1.29, 1.82) is 0 Å². The van der Waals surface area contributed by atoms with Crippen molar-refractivity contribution in [2.24, 2.45) is 0 Å². The lowest BCUT2D eigenvalue weighted by Crippen LogP contribution is -2.47. The number of hydrogen-bond acceptors (Lipinski definition) is 1. The molecule has 98 valence electrons. The average Bonchev–Trinajstić information content (AvgIpc) is 2.82. The van der Waals surface area contributed by atoms with Gasteiger partial charge in [0, 0.05) is 10.9 Å². The molecule has 1 N–H and O–H groups in total. The van der Waals surface area contributed by atoms with Crippen LogP contribution in [0.3, 0.4) is 0 Å². The predicted octanol–water partition coefficient (Wildman–Crippen LogP) is 4.03. The van der Waals surface area contributed by atoms with E-state index in [0.717, 1.165) is 31.0 Å². The molecule has 0 atom stereocenters. The van der Waals surface area contributed by atoms with Crippen LogP contribution in [0.5, 0.6) is 0 Å². The molecule has 0 radical (unpaired) electrons. The number of benzene rings is 1. The van der Waals surface area contributed by atoms with Gasteiger partial charge in [0.1, 0.15) is 5.82 Å². The fourth-order valence-electron chi connectivity index (χ4n) is 2.29. The Hall–Kier alpha value is -0.420. The van der Waals surface area contributed by atoms with Crippen LogP contribution in [0, 0.1) is 5.82 Å². The Balaban J connectivity index is 2.13. The van der Waals surface area contributed by atoms with Crippen molar-refractivity contribution in [2.45, 2.75) is 31.2 Å². The maximum Gasteiger partial charge on any atom is 0.251 e. The molecule has 1 saturated carbocycles. The van der Waals surface area contributed by atoms with Gasteiger partial charge < -0.3 is 5.32 Å². The maximum absolute atomic E-state index is 13.1. The Kier molecular flexibility index (Phi) is 4.43. The topological polar surface area (TPSA) is 29.1 Å². The molecule has 1 aliphatic carbocycles. The summed E-state index contributed by atoms with van der Waals surface area (Å²) < 4.78 is 13.4. The molecule has 0 bridgehead atoms. The first-order valence-electron chi connectivity index (χ1n) is 5.90. The van der Waals surface area contributed by atoms with Crippen LogP contribution in [-0.2, 0) is 0 Å². The smallest absolute Gasteiger partial charge is 0.251 e. The van der Waals surface area contributed by atoms with Gasteiger partial charge in [-0.3, -0.25) is 4.79 Å². The van der Waals surface area contributed by atoms with E-state index < -0.39 is 0 Å². The minimum absolute atomic E-state index is 0.141. The van der Waals surface area contributed by atoms with Crippen molar-refractivity contribution in [3.8, 4) is 0 Å². The Bertz CT molecular complexity index is 458. The van der Waals surface area contributed by atoms with Crippen LogP contribution in [0.4, 0.5) is 4.39 Å². The van der Waals surface area contributed by atoms with E-state index in [1.54, 1.807) is 0 Å². The van der Waals surface area contributed by atoms with Gasteiger partial charge in [0.05, 0.1) is 10.0 Å². The molecule has 0 heterocycles. The summed E-state index contributed by atoms with van der Waals surface area (Å²) in [5.74, 6) is -0.500. The van der Waals surface area contributed by atoms with Crippen LogP contribution in [0.25, 0.3) is 0 Å². The van der Waals surface area contributed by atoms with E-state index in [1.165, 1.54) is 18.2 Å². The second-order valence-corrected chi connectivity index (χ2v) is 6.12. The van der Waals surface area contributed by atoms with Gasteiger partial charge in [-0.25, -0.2) is 4.39 Å². The number of carbonyl (C=O) groups is 1. The summed E-state index contributed by atoms with van der Waals surface area (Å²) in [7, 11) is 0. The number of nitrogens with one attached hydrogen (secondary N) is 1. The predicted molar refractivity (Wildman–Crippen MR) is 76.6 cm³/mol. The Labute approximate surface area is 123 Å². The van der Waals surface area contributed by atoms with Gasteiger partial charge in [-0.2, -0.15) is 0 Å². The van der Waals surface area contributed by atoms with Crippen molar-refractivity contribution in [1.82, 2.24) is 5.32 Å². The van der Waals surface area contributed by atoms with Crippen LogP contribution in [0.2, 0.25) is 0 Å². The van der Waals surface area contributed by atoms with Crippen molar-refractivity contribution in [2.75, 3.05) is 5.33 Å². The molecule has 2 nitrogen and oxygen atoms in total. The van der Waals surface area contributed by atoms with E-state index in [0.29, 0.717) is 10.0 Å². The van der Waals surface area contributed by atoms with Crippen molar-refractivity contribution >= 4 is 37.8 Å². The summed E-state index contributed by atoms with van der Waals surface area (Å²) in [6, 6.07) is 4.32. The lowest BCUT2D eigenvalue weighted by Gasteiger charge is -2.28. The van der Waals surface area contributed by atoms with Crippen molar-refractivity contribution in [3.63, 3.8) is 0 Å². The van der Waals surface area contributed by atoms with Gasteiger partial charge in [0.2, 0.25) is 0 Å². The van der Waals surface area contributed by atoms with Gasteiger partial charge in [0.15, 0.2) is 0 Å². The van der Waals surface area contributed by atoms with E-state index in [4.69, 9.17) is 0 Å². The molecule has 0 unspecified atom stereocenters. The first kappa shape index (κ1) is 14.0. The summed E-state index contributed by atoms with van der Waals surface area (Å²) >= 11 is 6.57. The molecule has 0 saturated heterocycles. The van der Waals surface area contributed by atoms with E-state index in [1.807, 2.05) is 0 Å². The average molecular weight is 379 g/mol. The van der Waals surface area contributed by atoms with Gasteiger partial charge in [-0.1, -0.05) is 28.8 Å². The normalized spacial score (nSPS) is 17.7. The summed E-state index contributed by atoms with van der Waals surface area (Å²) in [5, 5.41) is 3.83. The zero-order valence-corrected chi connectivity index (χ0v) is 13.0. The third-order valence-electron chi connectivity index (χ3n) is 3.38. The van der Waals surface area contributed by atoms with E-state index in [2.05, 4.69) is 37.2 Å². The molecule has 5 heteroatoms. The Morgan fingerprint density at radius 1 is 1.39 bits per heavy atom. The quantitative estimate of drug-likeness (QED) is 0.790. The number of halogens is 3. The second kappa shape index (κ2) is 5.70. The van der Waals surface area contributed by atoms with Crippen LogP contribution in [0.15, 0.2) is 22.7 Å². The minimum Gasteiger partial charge on any atom is -0.346 e. The standard InChI is InChI=1S/C13H14Br2FNO/c14-8-13(5-1-2-6-13)17-12(18)9-3-4-11(16)10(15)7-9/h3-4,7H,1-2,5-6,8H2,(H,17,18). The molecule has 1 aliphatic rings. The number of carbonyl (C=O) groups excluding carboxylic acids is 1. The molecule has 1 fully saturated rings. The molecule has 2 rings (SSSR count). The van der Waals surface area contributed by atoms with E-state index >= 15 is 0 Å². The monoisotopic (exact) mass is 377 g/mol. The van der Waals surface area contributed by atoms with Gasteiger partial charge in [-0.05, 0) is 47.0 Å². The summed E-state index contributed by atoms with van der Waals surface area (Å²) in [4.78, 5) is 12.2. The lowest BCUT2D eigenvalue weighted by atomic mass is 10.00. The largest absolute Gasteiger partial charge is 0.346 e. The third-order valence-corrected chi connectivity index (χ3v) is 5.06. The number of hydrogen-bond donors (Lipinski definition) is 1. The highest BCUT2D eigenvalue weighted by atomic mass is 79.9. The summed E-state index contributed by atoms with van der Waals surface area (Å²) in [6.07, 6.45) is 4.26. The van der Waals surface area contributed by atoms with E-state index in [-0.39, 0.29) is 17.3 Å². The first-order valence-corrected chi connectivity index (χ1v) is 7.81. The molecule has 1 amide bonds. The van der Waals surface area contributed by atoms with Gasteiger partial charge >= 0.3 is 0 Å². The van der Waals surface area contributed by atoms with E-state index in [9.17, 15) is 9.18 Å². The lowest BCUT2D eigenvalue weighted by molar-refractivity contribution is 0.0910. The highest BCUT2D eigenvalue weighted by Crippen LogP contribution is 2.31. The Morgan fingerprint density at radius 2 is 2.06 bits per heavy atom. The number of rotatable bonds is 3. The molecule has 18 heavy (non-hydrogen) atoms. The highest BCUT2D eigenvalue weighted by Gasteiger charge is 2.34. The molecule has 0 aliphatic heterocycles. The first-order chi connectivity index (χ1) is 8.56. The maximum atomic E-state index is 13.1. The molecule has 1 aromatic carbocycles. The van der Waals surface area contributed by atoms with Crippen LogP contribution in [0.1, 0.15) is 36.0 Å². The third kappa shape index (κ3) is 2.94.